The van der Waals surface area contributed by atoms with E-state index in [1.54, 1.807) is 12.3 Å². The monoisotopic (exact) mass is 187 g/mol. The van der Waals surface area contributed by atoms with Gasteiger partial charge in [-0.05, 0) is 18.6 Å². The summed E-state index contributed by atoms with van der Waals surface area (Å²) in [6, 6.07) is 9.86. The highest BCUT2D eigenvalue weighted by Gasteiger charge is 1.82. The topological polar surface area (TPSA) is 29.4 Å². The summed E-state index contributed by atoms with van der Waals surface area (Å²) < 4.78 is 0. The molecule has 0 unspecified atom stereocenters. The molecule has 2 nitrogen and oxygen atoms in total. The number of carbonyl (C=O) groups excluding carboxylic acids is 1. The van der Waals surface area contributed by atoms with Gasteiger partial charge < -0.3 is 0 Å². The third kappa shape index (κ3) is 4.36. The van der Waals surface area contributed by atoms with Crippen molar-refractivity contribution in [3.63, 3.8) is 0 Å². The quantitative estimate of drug-likeness (QED) is 0.525. The maximum atomic E-state index is 10.5. The number of benzene rings is 1. The first-order valence-electron chi connectivity index (χ1n) is 4.51. The number of hydrogen-bond acceptors (Lipinski definition) is 2. The number of nitrogens with zero attached hydrogens (tertiary/aromatic N) is 1. The van der Waals surface area contributed by atoms with Crippen molar-refractivity contribution in [2.24, 2.45) is 4.99 Å². The van der Waals surface area contributed by atoms with Gasteiger partial charge in [-0.2, -0.15) is 0 Å². The molecule has 1 rings (SSSR count). The zero-order valence-corrected chi connectivity index (χ0v) is 8.18. The first-order chi connectivity index (χ1) is 6.79. The highest BCUT2D eigenvalue weighted by Crippen LogP contribution is 1.93. The zero-order chi connectivity index (χ0) is 10.2. The molecule has 1 aromatic carbocycles. The van der Waals surface area contributed by atoms with E-state index in [0.29, 0.717) is 6.54 Å². The van der Waals surface area contributed by atoms with Crippen molar-refractivity contribution >= 4 is 12.0 Å². The molecule has 0 N–H and O–H groups in total. The Hall–Kier alpha value is -1.70. The van der Waals surface area contributed by atoms with Gasteiger partial charge in [-0.3, -0.25) is 9.79 Å². The summed E-state index contributed by atoms with van der Waals surface area (Å²) in [5.41, 5.74) is 1.07. The van der Waals surface area contributed by atoms with Gasteiger partial charge >= 0.3 is 0 Å². The summed E-state index contributed by atoms with van der Waals surface area (Å²) in [6.45, 7) is 2.08. The van der Waals surface area contributed by atoms with E-state index in [2.05, 4.69) is 4.99 Å². The fourth-order valence-corrected chi connectivity index (χ4v) is 0.977. The summed E-state index contributed by atoms with van der Waals surface area (Å²) in [6.07, 6.45) is 5.08. The molecule has 0 bridgehead atoms. The number of allylic oxidation sites excluding steroid dienone is 1. The molecule has 0 aliphatic carbocycles. The summed E-state index contributed by atoms with van der Waals surface area (Å²) >= 11 is 0. The van der Waals surface area contributed by atoms with Crippen molar-refractivity contribution in [3.05, 3.63) is 48.0 Å². The molecule has 0 aliphatic heterocycles. The Morgan fingerprint density at radius 1 is 1.36 bits per heavy atom. The predicted octanol–water partition coefficient (Wildman–Crippen LogP) is 2.25. The second-order valence-electron chi connectivity index (χ2n) is 2.92. The van der Waals surface area contributed by atoms with Crippen molar-refractivity contribution in [1.82, 2.24) is 0 Å². The third-order valence-corrected chi connectivity index (χ3v) is 1.60. The van der Waals surface area contributed by atoms with Gasteiger partial charge in [0.25, 0.3) is 0 Å². The van der Waals surface area contributed by atoms with Crippen molar-refractivity contribution in [3.8, 4) is 0 Å². The normalized spacial score (nSPS) is 11.2. The molecule has 0 fully saturated rings. The lowest BCUT2D eigenvalue weighted by molar-refractivity contribution is -0.112. The van der Waals surface area contributed by atoms with E-state index in [9.17, 15) is 4.79 Å². The maximum absolute atomic E-state index is 10.5. The van der Waals surface area contributed by atoms with E-state index in [4.69, 9.17) is 0 Å². The van der Waals surface area contributed by atoms with Crippen LogP contribution in [0.4, 0.5) is 0 Å². The molecule has 0 atom stereocenters. The lowest BCUT2D eigenvalue weighted by atomic mass is 10.2. The summed E-state index contributed by atoms with van der Waals surface area (Å²) in [7, 11) is 0. The average Bonchev–Trinajstić information content (AvgIpc) is 2.18. The van der Waals surface area contributed by atoms with Gasteiger partial charge in [0, 0.05) is 6.21 Å². The number of ketones is 1. The minimum atomic E-state index is 0.0555. The van der Waals surface area contributed by atoms with Crippen molar-refractivity contribution in [1.29, 1.82) is 0 Å². The van der Waals surface area contributed by atoms with Crippen LogP contribution in [0.3, 0.4) is 0 Å². The smallest absolute Gasteiger partial charge is 0.152 e. The molecule has 1 aromatic rings. The summed E-state index contributed by atoms with van der Waals surface area (Å²) in [4.78, 5) is 14.7. The Kier molecular flexibility index (Phi) is 4.35. The lowest BCUT2D eigenvalue weighted by Gasteiger charge is -1.89. The summed E-state index contributed by atoms with van der Waals surface area (Å²) in [5, 5.41) is 0. The van der Waals surface area contributed by atoms with Gasteiger partial charge in [0.15, 0.2) is 5.78 Å². The number of rotatable bonds is 4. The molecule has 0 saturated carbocycles. The van der Waals surface area contributed by atoms with Crippen LogP contribution in [0, 0.1) is 0 Å². The molecule has 0 heterocycles. The largest absolute Gasteiger partial charge is 0.295 e. The van der Waals surface area contributed by atoms with Crippen LogP contribution in [0.25, 0.3) is 0 Å². The van der Waals surface area contributed by atoms with Crippen molar-refractivity contribution in [2.45, 2.75) is 6.92 Å². The van der Waals surface area contributed by atoms with E-state index in [-0.39, 0.29) is 5.78 Å². The first-order valence-corrected chi connectivity index (χ1v) is 4.51. The molecular formula is C12H13NO. The Balaban J connectivity index is 2.39. The van der Waals surface area contributed by atoms with Crippen LogP contribution in [0.2, 0.25) is 0 Å². The highest BCUT2D eigenvalue weighted by molar-refractivity contribution is 5.87. The highest BCUT2D eigenvalue weighted by atomic mass is 16.1. The predicted molar refractivity (Wildman–Crippen MR) is 58.7 cm³/mol. The minimum absolute atomic E-state index is 0.0555. The minimum Gasteiger partial charge on any atom is -0.295 e. The van der Waals surface area contributed by atoms with Crippen LogP contribution >= 0.6 is 0 Å². The third-order valence-electron chi connectivity index (χ3n) is 1.60. The molecule has 72 valence electrons. The molecule has 0 spiro atoms. The Morgan fingerprint density at radius 2 is 2.07 bits per heavy atom. The van der Waals surface area contributed by atoms with E-state index >= 15 is 0 Å². The van der Waals surface area contributed by atoms with Gasteiger partial charge in [-0.15, -0.1) is 0 Å². The van der Waals surface area contributed by atoms with Gasteiger partial charge in [-0.1, -0.05) is 36.4 Å². The molecule has 14 heavy (non-hydrogen) atoms. The lowest BCUT2D eigenvalue weighted by Crippen LogP contribution is -1.83. The summed E-state index contributed by atoms with van der Waals surface area (Å²) in [5.74, 6) is 0.0555. The van der Waals surface area contributed by atoms with E-state index in [1.807, 2.05) is 30.3 Å². The van der Waals surface area contributed by atoms with Crippen LogP contribution in [0.5, 0.6) is 0 Å². The number of aliphatic imine (C=N–C) groups is 1. The second-order valence-corrected chi connectivity index (χ2v) is 2.92. The standard InChI is InChI=1S/C12H13NO/c1-11(14)6-5-9-13-10-12-7-3-2-4-8-12/h2-8,10H,9H2,1H3/b6-5+,13-10?. The van der Waals surface area contributed by atoms with Crippen LogP contribution in [-0.4, -0.2) is 18.5 Å². The van der Waals surface area contributed by atoms with E-state index < -0.39 is 0 Å². The van der Waals surface area contributed by atoms with Crippen LogP contribution < -0.4 is 0 Å². The molecule has 0 radical (unpaired) electrons. The van der Waals surface area contributed by atoms with Crippen molar-refractivity contribution < 1.29 is 4.79 Å². The van der Waals surface area contributed by atoms with Crippen LogP contribution in [0.1, 0.15) is 12.5 Å². The number of carbonyl (C=O) groups is 1. The molecule has 0 aliphatic rings. The van der Waals surface area contributed by atoms with E-state index in [0.717, 1.165) is 5.56 Å². The van der Waals surface area contributed by atoms with Crippen LogP contribution in [0.15, 0.2) is 47.5 Å². The van der Waals surface area contributed by atoms with Gasteiger partial charge in [-0.25, -0.2) is 0 Å². The molecule has 0 aromatic heterocycles. The van der Waals surface area contributed by atoms with Gasteiger partial charge in [0.1, 0.15) is 0 Å². The van der Waals surface area contributed by atoms with Gasteiger partial charge in [0.2, 0.25) is 0 Å². The molecule has 0 saturated heterocycles. The molecule has 2 heteroatoms. The molecule has 0 amide bonds. The maximum Gasteiger partial charge on any atom is 0.152 e. The number of hydrogen-bond donors (Lipinski definition) is 0. The fraction of sp³-hybridized carbons (Fsp3) is 0.167. The zero-order valence-electron chi connectivity index (χ0n) is 8.18. The van der Waals surface area contributed by atoms with Crippen LogP contribution in [-0.2, 0) is 4.79 Å². The SMILES string of the molecule is CC(=O)/C=C/CN=Cc1ccccc1. The Labute approximate surface area is 84.0 Å². The Morgan fingerprint density at radius 3 is 2.71 bits per heavy atom. The van der Waals surface area contributed by atoms with Crippen molar-refractivity contribution in [2.75, 3.05) is 6.54 Å². The first kappa shape index (κ1) is 10.4. The molecular weight excluding hydrogens is 174 g/mol. The fourth-order valence-electron chi connectivity index (χ4n) is 0.977. The Bertz CT molecular complexity index is 339. The van der Waals surface area contributed by atoms with Gasteiger partial charge in [0.05, 0.1) is 6.54 Å². The average molecular weight is 187 g/mol. The van der Waals surface area contributed by atoms with E-state index in [1.165, 1.54) is 13.0 Å². The second kappa shape index (κ2) is 5.86.